The zero-order chi connectivity index (χ0) is 12.0. The van der Waals surface area contributed by atoms with Gasteiger partial charge < -0.3 is 15.5 Å². The first-order chi connectivity index (χ1) is 7.59. The summed E-state index contributed by atoms with van der Waals surface area (Å²) in [6.07, 6.45) is -0.362. The van der Waals surface area contributed by atoms with Crippen LogP contribution in [0.25, 0.3) is 0 Å². The molecular weight excluding hydrogens is 206 g/mol. The molecule has 16 heavy (non-hydrogen) atoms. The number of aliphatic hydroxyl groups is 1. The lowest BCUT2D eigenvalue weighted by atomic mass is 10.0. The van der Waals surface area contributed by atoms with Crippen LogP contribution in [0.3, 0.4) is 0 Å². The quantitative estimate of drug-likeness (QED) is 0.666. The van der Waals surface area contributed by atoms with E-state index in [4.69, 9.17) is 10.2 Å². The topological polar surface area (TPSA) is 69.6 Å². The lowest BCUT2D eigenvalue weighted by Crippen LogP contribution is -2.24. The predicted molar refractivity (Wildman–Crippen MR) is 61.2 cm³/mol. The summed E-state index contributed by atoms with van der Waals surface area (Å²) < 4.78 is 0. The third kappa shape index (κ3) is 4.42. The van der Waals surface area contributed by atoms with Gasteiger partial charge in [-0.2, -0.15) is 0 Å². The fraction of sp³-hybridized carbons (Fsp3) is 0.417. The zero-order valence-electron chi connectivity index (χ0n) is 9.31. The van der Waals surface area contributed by atoms with Crippen LogP contribution in [-0.2, 0) is 17.8 Å². The molecule has 88 valence electrons. The standard InChI is InChI=1S/C12H17NO3/c1-9(14)7-13-8-11-5-3-2-4-10(11)6-12(15)16/h2-5,9,13-14H,6-8H2,1H3,(H,15,16). The molecule has 0 saturated carbocycles. The summed E-state index contributed by atoms with van der Waals surface area (Å²) in [4.78, 5) is 10.6. The van der Waals surface area contributed by atoms with E-state index in [2.05, 4.69) is 5.32 Å². The molecule has 1 unspecified atom stereocenters. The minimum Gasteiger partial charge on any atom is -0.481 e. The van der Waals surface area contributed by atoms with Crippen LogP contribution >= 0.6 is 0 Å². The highest BCUT2D eigenvalue weighted by molar-refractivity contribution is 5.70. The SMILES string of the molecule is CC(O)CNCc1ccccc1CC(=O)O. The molecule has 1 aromatic rings. The van der Waals surface area contributed by atoms with Gasteiger partial charge in [0.05, 0.1) is 12.5 Å². The Labute approximate surface area is 94.9 Å². The summed E-state index contributed by atoms with van der Waals surface area (Å²) in [6.45, 7) is 2.78. The third-order valence-electron chi connectivity index (χ3n) is 2.22. The van der Waals surface area contributed by atoms with Gasteiger partial charge in [-0.1, -0.05) is 24.3 Å². The molecule has 3 N–H and O–H groups in total. The van der Waals surface area contributed by atoms with Crippen LogP contribution in [-0.4, -0.2) is 28.8 Å². The second kappa shape index (κ2) is 6.25. The Bertz CT molecular complexity index is 350. The molecule has 0 bridgehead atoms. The first-order valence-electron chi connectivity index (χ1n) is 5.27. The Morgan fingerprint density at radius 3 is 2.56 bits per heavy atom. The van der Waals surface area contributed by atoms with E-state index in [1.807, 2.05) is 24.3 Å². The molecule has 0 fully saturated rings. The molecule has 0 aromatic heterocycles. The number of hydrogen-bond donors (Lipinski definition) is 3. The molecular formula is C12H17NO3. The fourth-order valence-corrected chi connectivity index (χ4v) is 1.48. The maximum absolute atomic E-state index is 10.6. The molecule has 4 nitrogen and oxygen atoms in total. The molecule has 0 aliphatic heterocycles. The van der Waals surface area contributed by atoms with Gasteiger partial charge in [-0.05, 0) is 18.1 Å². The smallest absolute Gasteiger partial charge is 0.307 e. The fourth-order valence-electron chi connectivity index (χ4n) is 1.48. The van der Waals surface area contributed by atoms with Gasteiger partial charge in [0, 0.05) is 13.1 Å². The van der Waals surface area contributed by atoms with Gasteiger partial charge in [-0.25, -0.2) is 0 Å². The van der Waals surface area contributed by atoms with E-state index in [9.17, 15) is 4.79 Å². The van der Waals surface area contributed by atoms with Crippen LogP contribution in [0.2, 0.25) is 0 Å². The van der Waals surface area contributed by atoms with Crippen molar-refractivity contribution in [1.29, 1.82) is 0 Å². The van der Waals surface area contributed by atoms with Crippen molar-refractivity contribution in [2.45, 2.75) is 26.0 Å². The van der Waals surface area contributed by atoms with Gasteiger partial charge in [-0.3, -0.25) is 4.79 Å². The normalized spacial score (nSPS) is 12.4. The number of carbonyl (C=O) groups is 1. The van der Waals surface area contributed by atoms with Gasteiger partial charge in [0.2, 0.25) is 0 Å². The second-order valence-corrected chi connectivity index (χ2v) is 3.82. The zero-order valence-corrected chi connectivity index (χ0v) is 9.31. The number of benzene rings is 1. The van der Waals surface area contributed by atoms with E-state index in [0.29, 0.717) is 13.1 Å². The Morgan fingerprint density at radius 1 is 1.38 bits per heavy atom. The first kappa shape index (κ1) is 12.7. The number of hydrogen-bond acceptors (Lipinski definition) is 3. The summed E-state index contributed by atoms with van der Waals surface area (Å²) in [6, 6.07) is 7.42. The van der Waals surface area contributed by atoms with Crippen molar-refractivity contribution in [1.82, 2.24) is 5.32 Å². The summed E-state index contributed by atoms with van der Waals surface area (Å²) in [7, 11) is 0. The molecule has 0 amide bonds. The van der Waals surface area contributed by atoms with Crippen molar-refractivity contribution >= 4 is 5.97 Å². The summed E-state index contributed by atoms with van der Waals surface area (Å²) >= 11 is 0. The number of rotatable bonds is 6. The minimum absolute atomic E-state index is 0.0343. The molecule has 0 heterocycles. The molecule has 1 atom stereocenters. The minimum atomic E-state index is -0.831. The summed E-state index contributed by atoms with van der Waals surface area (Å²) in [5, 5.41) is 20.9. The Hall–Kier alpha value is -1.39. The predicted octanol–water partition coefficient (Wildman–Crippen LogP) is 0.784. The van der Waals surface area contributed by atoms with Crippen LogP contribution < -0.4 is 5.32 Å². The van der Waals surface area contributed by atoms with E-state index in [1.54, 1.807) is 6.92 Å². The molecule has 1 aromatic carbocycles. The highest BCUT2D eigenvalue weighted by Crippen LogP contribution is 2.09. The largest absolute Gasteiger partial charge is 0.481 e. The maximum Gasteiger partial charge on any atom is 0.307 e. The van der Waals surface area contributed by atoms with Gasteiger partial charge in [0.15, 0.2) is 0 Å². The van der Waals surface area contributed by atoms with Crippen molar-refractivity contribution in [3.8, 4) is 0 Å². The van der Waals surface area contributed by atoms with E-state index in [1.165, 1.54) is 0 Å². The van der Waals surface area contributed by atoms with E-state index in [0.717, 1.165) is 11.1 Å². The first-order valence-corrected chi connectivity index (χ1v) is 5.27. The second-order valence-electron chi connectivity index (χ2n) is 3.82. The van der Waals surface area contributed by atoms with Crippen molar-refractivity contribution in [2.75, 3.05) is 6.54 Å². The van der Waals surface area contributed by atoms with E-state index >= 15 is 0 Å². The van der Waals surface area contributed by atoms with Crippen LogP contribution in [0.15, 0.2) is 24.3 Å². The third-order valence-corrected chi connectivity index (χ3v) is 2.22. The lowest BCUT2D eigenvalue weighted by molar-refractivity contribution is -0.136. The molecule has 0 spiro atoms. The van der Waals surface area contributed by atoms with Crippen LogP contribution in [0, 0.1) is 0 Å². The van der Waals surface area contributed by atoms with Crippen molar-refractivity contribution < 1.29 is 15.0 Å². The highest BCUT2D eigenvalue weighted by Gasteiger charge is 2.05. The maximum atomic E-state index is 10.6. The number of aliphatic carboxylic acids is 1. The van der Waals surface area contributed by atoms with Gasteiger partial charge >= 0.3 is 5.97 Å². The van der Waals surface area contributed by atoms with E-state index in [-0.39, 0.29) is 6.42 Å². The molecule has 1 rings (SSSR count). The summed E-state index contributed by atoms with van der Waals surface area (Å²) in [5.41, 5.74) is 1.78. The Balaban J connectivity index is 2.60. The molecule has 4 heteroatoms. The Morgan fingerprint density at radius 2 is 2.00 bits per heavy atom. The molecule has 0 aliphatic carbocycles. The monoisotopic (exact) mass is 223 g/mol. The van der Waals surface area contributed by atoms with E-state index < -0.39 is 12.1 Å². The van der Waals surface area contributed by atoms with Crippen molar-refractivity contribution in [2.24, 2.45) is 0 Å². The number of nitrogens with one attached hydrogen (secondary N) is 1. The summed E-state index contributed by atoms with van der Waals surface area (Å²) in [5.74, 6) is -0.831. The Kier molecular flexibility index (Phi) is 4.95. The number of carboxylic acid groups (broad SMARTS) is 1. The highest BCUT2D eigenvalue weighted by atomic mass is 16.4. The van der Waals surface area contributed by atoms with Crippen LogP contribution in [0.5, 0.6) is 0 Å². The van der Waals surface area contributed by atoms with Crippen molar-refractivity contribution in [3.63, 3.8) is 0 Å². The lowest BCUT2D eigenvalue weighted by Gasteiger charge is -2.10. The van der Waals surface area contributed by atoms with Crippen LogP contribution in [0.1, 0.15) is 18.1 Å². The van der Waals surface area contributed by atoms with Gasteiger partial charge in [0.25, 0.3) is 0 Å². The average molecular weight is 223 g/mol. The molecule has 0 radical (unpaired) electrons. The molecule has 0 aliphatic rings. The van der Waals surface area contributed by atoms with Crippen molar-refractivity contribution in [3.05, 3.63) is 35.4 Å². The van der Waals surface area contributed by atoms with Gasteiger partial charge in [0.1, 0.15) is 0 Å². The number of aliphatic hydroxyl groups excluding tert-OH is 1. The number of carboxylic acids is 1. The molecule has 0 saturated heterocycles. The van der Waals surface area contributed by atoms with Crippen LogP contribution in [0.4, 0.5) is 0 Å². The average Bonchev–Trinajstić information content (AvgIpc) is 2.19. The van der Waals surface area contributed by atoms with Gasteiger partial charge in [-0.15, -0.1) is 0 Å².